The molecule has 0 amide bonds. The second-order valence-corrected chi connectivity index (χ2v) is 4.85. The van der Waals surface area contributed by atoms with Crippen LogP contribution in [0.1, 0.15) is 25.8 Å². The summed E-state index contributed by atoms with van der Waals surface area (Å²) in [6.45, 7) is 3.93. The van der Waals surface area contributed by atoms with Gasteiger partial charge in [0.25, 0.3) is 5.78 Å². The molecule has 1 aromatic rings. The first kappa shape index (κ1) is 15.8. The molecular formula is C15H18N2O3. The van der Waals surface area contributed by atoms with E-state index in [-0.39, 0.29) is 18.9 Å². The van der Waals surface area contributed by atoms with Crippen molar-refractivity contribution < 1.29 is 19.1 Å². The molecule has 0 aliphatic rings. The van der Waals surface area contributed by atoms with E-state index in [1.165, 1.54) is 0 Å². The maximum absolute atomic E-state index is 11.8. The molecule has 5 heteroatoms. The Hall–Kier alpha value is -2.26. The molecule has 0 saturated carbocycles. The minimum atomic E-state index is -0.876. The van der Waals surface area contributed by atoms with E-state index in [1.54, 1.807) is 0 Å². The first-order chi connectivity index (χ1) is 9.54. The van der Waals surface area contributed by atoms with E-state index in [2.05, 4.69) is 4.79 Å². The van der Waals surface area contributed by atoms with Crippen molar-refractivity contribution >= 4 is 17.5 Å². The maximum atomic E-state index is 11.8. The van der Waals surface area contributed by atoms with Crippen LogP contribution in [0.25, 0.3) is 5.53 Å². The molecule has 0 aromatic heterocycles. The van der Waals surface area contributed by atoms with Crippen LogP contribution in [0.5, 0.6) is 0 Å². The molecule has 0 spiro atoms. The minimum Gasteiger partial charge on any atom is -0.456 e. The highest BCUT2D eigenvalue weighted by atomic mass is 16.5. The van der Waals surface area contributed by atoms with Gasteiger partial charge in [-0.25, -0.2) is 4.79 Å². The van der Waals surface area contributed by atoms with Crippen molar-refractivity contribution in [1.29, 1.82) is 0 Å². The molecule has 0 aliphatic carbocycles. The fraction of sp³-hybridized carbons (Fsp3) is 0.400. The molecular weight excluding hydrogens is 256 g/mol. The monoisotopic (exact) mass is 274 g/mol. The predicted molar refractivity (Wildman–Crippen MR) is 74.2 cm³/mol. The molecule has 0 saturated heterocycles. The van der Waals surface area contributed by atoms with Crippen LogP contribution in [0.4, 0.5) is 0 Å². The number of carbonyl (C=O) groups is 2. The Morgan fingerprint density at radius 3 is 2.45 bits per heavy atom. The van der Waals surface area contributed by atoms with E-state index in [0.29, 0.717) is 6.42 Å². The number of Topliss-reactive ketones (excluding diaryl/α,β-unsaturated/α-hetero) is 1. The third-order valence-corrected chi connectivity index (χ3v) is 2.59. The number of nitrogens with zero attached hydrogens (tertiary/aromatic N) is 2. The molecule has 0 radical (unpaired) electrons. The van der Waals surface area contributed by atoms with Gasteiger partial charge in [0.1, 0.15) is 0 Å². The first-order valence-corrected chi connectivity index (χ1v) is 6.51. The van der Waals surface area contributed by atoms with Crippen molar-refractivity contribution in [3.8, 4) is 0 Å². The lowest BCUT2D eigenvalue weighted by Crippen LogP contribution is -2.28. The van der Waals surface area contributed by atoms with Crippen LogP contribution in [0, 0.1) is 5.92 Å². The highest BCUT2D eigenvalue weighted by molar-refractivity contribution is 6.62. The second kappa shape index (κ2) is 8.02. The zero-order valence-electron chi connectivity index (χ0n) is 11.7. The van der Waals surface area contributed by atoms with Crippen molar-refractivity contribution in [2.24, 2.45) is 5.92 Å². The van der Waals surface area contributed by atoms with Crippen molar-refractivity contribution in [3.63, 3.8) is 0 Å². The molecule has 106 valence electrons. The lowest BCUT2D eigenvalue weighted by molar-refractivity contribution is -0.143. The number of benzene rings is 1. The van der Waals surface area contributed by atoms with Gasteiger partial charge in [0.15, 0.2) is 0 Å². The Bertz CT molecular complexity index is 517. The van der Waals surface area contributed by atoms with Gasteiger partial charge in [-0.15, -0.1) is 0 Å². The lowest BCUT2D eigenvalue weighted by atomic mass is 10.1. The van der Waals surface area contributed by atoms with Gasteiger partial charge in [-0.1, -0.05) is 44.2 Å². The summed E-state index contributed by atoms with van der Waals surface area (Å²) in [6, 6.07) is 9.41. The van der Waals surface area contributed by atoms with Gasteiger partial charge in [0, 0.05) is 6.42 Å². The van der Waals surface area contributed by atoms with E-state index < -0.39 is 17.5 Å². The number of carbonyl (C=O) groups excluding carboxylic acids is 2. The second-order valence-electron chi connectivity index (χ2n) is 4.85. The van der Waals surface area contributed by atoms with Gasteiger partial charge in [0.05, 0.1) is 6.61 Å². The fourth-order valence-electron chi connectivity index (χ4n) is 1.54. The Labute approximate surface area is 118 Å². The van der Waals surface area contributed by atoms with E-state index in [1.807, 2.05) is 44.2 Å². The summed E-state index contributed by atoms with van der Waals surface area (Å²) in [7, 11) is 0. The van der Waals surface area contributed by atoms with Crippen LogP contribution in [0.15, 0.2) is 30.3 Å². The topological polar surface area (TPSA) is 79.8 Å². The number of aryl methyl sites for hydroxylation is 1. The van der Waals surface area contributed by atoms with Gasteiger partial charge >= 0.3 is 11.7 Å². The molecule has 0 aliphatic heterocycles. The van der Waals surface area contributed by atoms with Crippen molar-refractivity contribution in [3.05, 3.63) is 41.4 Å². The molecule has 1 rings (SSSR count). The molecule has 0 atom stereocenters. The van der Waals surface area contributed by atoms with E-state index in [4.69, 9.17) is 10.3 Å². The average Bonchev–Trinajstić information content (AvgIpc) is 2.44. The van der Waals surface area contributed by atoms with Crippen molar-refractivity contribution in [2.75, 3.05) is 6.61 Å². The molecule has 0 fully saturated rings. The number of ketones is 1. The van der Waals surface area contributed by atoms with E-state index in [9.17, 15) is 9.59 Å². The zero-order valence-corrected chi connectivity index (χ0v) is 11.7. The van der Waals surface area contributed by atoms with Gasteiger partial charge in [-0.2, -0.15) is 4.79 Å². The fourth-order valence-corrected chi connectivity index (χ4v) is 1.54. The van der Waals surface area contributed by atoms with Gasteiger partial charge in [0.2, 0.25) is 0 Å². The van der Waals surface area contributed by atoms with Crippen LogP contribution >= 0.6 is 0 Å². The Balaban J connectivity index is 2.55. The summed E-state index contributed by atoms with van der Waals surface area (Å²) in [4.78, 5) is 26.2. The number of hydrogen-bond donors (Lipinski definition) is 0. The van der Waals surface area contributed by atoms with Crippen molar-refractivity contribution in [1.82, 2.24) is 0 Å². The van der Waals surface area contributed by atoms with Crippen LogP contribution in [-0.2, 0) is 20.7 Å². The number of hydrogen-bond acceptors (Lipinski definition) is 3. The largest absolute Gasteiger partial charge is 0.456 e. The summed E-state index contributed by atoms with van der Waals surface area (Å²) >= 11 is 0. The normalized spacial score (nSPS) is 9.95. The smallest absolute Gasteiger partial charge is 0.441 e. The molecule has 0 bridgehead atoms. The van der Waals surface area contributed by atoms with Gasteiger partial charge in [-0.05, 0) is 17.9 Å². The Morgan fingerprint density at radius 2 is 1.90 bits per heavy atom. The number of ether oxygens (including phenoxy) is 1. The van der Waals surface area contributed by atoms with Crippen LogP contribution in [-0.4, -0.2) is 28.9 Å². The third-order valence-electron chi connectivity index (χ3n) is 2.59. The van der Waals surface area contributed by atoms with Crippen LogP contribution in [0.3, 0.4) is 0 Å². The average molecular weight is 274 g/mol. The standard InChI is InChI=1S/C15H18N2O3/c1-11(2)10-20-15(19)14(17-16)13(18)9-8-12-6-4-3-5-7-12/h3-7,11H,8-10H2,1-2H3. The summed E-state index contributed by atoms with van der Waals surface area (Å²) in [6.07, 6.45) is 0.580. The third kappa shape index (κ3) is 5.16. The molecule has 0 unspecified atom stereocenters. The summed E-state index contributed by atoms with van der Waals surface area (Å²) in [5.41, 5.74) is 9.24. The lowest BCUT2D eigenvalue weighted by Gasteiger charge is -2.04. The van der Waals surface area contributed by atoms with Gasteiger partial charge < -0.3 is 10.3 Å². The first-order valence-electron chi connectivity index (χ1n) is 6.51. The van der Waals surface area contributed by atoms with E-state index >= 15 is 0 Å². The van der Waals surface area contributed by atoms with Gasteiger partial charge in [-0.3, -0.25) is 4.79 Å². The molecule has 5 nitrogen and oxygen atoms in total. The summed E-state index contributed by atoms with van der Waals surface area (Å²) in [5.74, 6) is -1.25. The Kier molecular flexibility index (Phi) is 6.33. The molecule has 1 aromatic carbocycles. The Morgan fingerprint density at radius 1 is 1.25 bits per heavy atom. The number of rotatable bonds is 7. The molecule has 20 heavy (non-hydrogen) atoms. The minimum absolute atomic E-state index is 0.0974. The molecule has 0 N–H and O–H groups in total. The van der Waals surface area contributed by atoms with E-state index in [0.717, 1.165) is 5.56 Å². The maximum Gasteiger partial charge on any atom is 0.441 e. The number of esters is 1. The predicted octanol–water partition coefficient (Wildman–Crippen LogP) is 2.06. The molecule has 0 heterocycles. The highest BCUT2D eigenvalue weighted by Crippen LogP contribution is 2.04. The zero-order chi connectivity index (χ0) is 15.0. The SMILES string of the molecule is CC(C)COC(=O)C(=[N+]=[N-])C(=O)CCc1ccccc1. The van der Waals surface area contributed by atoms with Crippen LogP contribution in [0.2, 0.25) is 0 Å². The highest BCUT2D eigenvalue weighted by Gasteiger charge is 2.30. The quantitative estimate of drug-likeness (QED) is 0.251. The van der Waals surface area contributed by atoms with Crippen LogP contribution < -0.4 is 0 Å². The summed E-state index contributed by atoms with van der Waals surface area (Å²) in [5, 5.41) is 0. The van der Waals surface area contributed by atoms with Crippen molar-refractivity contribution in [2.45, 2.75) is 26.7 Å². The summed E-state index contributed by atoms with van der Waals surface area (Å²) < 4.78 is 4.88.